The summed E-state index contributed by atoms with van der Waals surface area (Å²) in [7, 11) is 0. The van der Waals surface area contributed by atoms with E-state index in [9.17, 15) is 9.90 Å². The largest absolute Gasteiger partial charge is 0.395 e. The SMILES string of the molecule is O=C(/C=C/c1ccc2c(c1)CCC2N[C@H](CO)Cc1c[nH]c2ccccc12)NO. The van der Waals surface area contributed by atoms with E-state index in [1.165, 1.54) is 28.2 Å². The first-order valence-electron chi connectivity index (χ1n) is 9.85. The van der Waals surface area contributed by atoms with E-state index < -0.39 is 5.91 Å². The Morgan fingerprint density at radius 1 is 1.28 bits per heavy atom. The van der Waals surface area contributed by atoms with Gasteiger partial charge in [-0.3, -0.25) is 10.0 Å². The molecular formula is C23H25N3O3. The molecule has 150 valence electrons. The number of benzene rings is 2. The van der Waals surface area contributed by atoms with Crippen molar-refractivity contribution in [2.24, 2.45) is 0 Å². The van der Waals surface area contributed by atoms with Gasteiger partial charge in [0.15, 0.2) is 0 Å². The molecular weight excluding hydrogens is 366 g/mol. The summed E-state index contributed by atoms with van der Waals surface area (Å²) >= 11 is 0. The number of aliphatic hydroxyl groups excluding tert-OH is 1. The highest BCUT2D eigenvalue weighted by molar-refractivity contribution is 5.90. The van der Waals surface area contributed by atoms with Crippen molar-refractivity contribution in [1.82, 2.24) is 15.8 Å². The average molecular weight is 391 g/mol. The summed E-state index contributed by atoms with van der Waals surface area (Å²) in [5.41, 5.74) is 7.32. The van der Waals surface area contributed by atoms with E-state index in [2.05, 4.69) is 34.6 Å². The van der Waals surface area contributed by atoms with Gasteiger partial charge in [0.2, 0.25) is 0 Å². The fraction of sp³-hybridized carbons (Fsp3) is 0.261. The molecule has 3 aromatic rings. The van der Waals surface area contributed by atoms with E-state index in [0.29, 0.717) is 0 Å². The number of hydrogen-bond acceptors (Lipinski definition) is 4. The fourth-order valence-corrected chi connectivity index (χ4v) is 4.15. The molecule has 5 N–H and O–H groups in total. The molecule has 6 nitrogen and oxygen atoms in total. The van der Waals surface area contributed by atoms with Crippen molar-refractivity contribution in [2.45, 2.75) is 31.3 Å². The summed E-state index contributed by atoms with van der Waals surface area (Å²) in [4.78, 5) is 14.5. The number of aliphatic hydroxyl groups is 1. The summed E-state index contributed by atoms with van der Waals surface area (Å²) in [6.07, 6.45) is 7.69. The first kappa shape index (κ1) is 19.4. The van der Waals surface area contributed by atoms with E-state index >= 15 is 0 Å². The van der Waals surface area contributed by atoms with Crippen LogP contribution in [0.5, 0.6) is 0 Å². The van der Waals surface area contributed by atoms with Crippen molar-refractivity contribution in [3.05, 3.63) is 77.0 Å². The number of rotatable bonds is 7. The van der Waals surface area contributed by atoms with Crippen LogP contribution in [0.3, 0.4) is 0 Å². The molecule has 0 bridgehead atoms. The molecule has 2 atom stereocenters. The number of hydrogen-bond donors (Lipinski definition) is 5. The number of para-hydroxylation sites is 1. The molecule has 0 aliphatic heterocycles. The number of carbonyl (C=O) groups excluding carboxylic acids is 1. The normalized spacial score (nSPS) is 17.0. The van der Waals surface area contributed by atoms with E-state index in [1.54, 1.807) is 11.6 Å². The molecule has 1 aliphatic carbocycles. The number of carbonyl (C=O) groups is 1. The van der Waals surface area contributed by atoms with Crippen LogP contribution in [0.2, 0.25) is 0 Å². The topological polar surface area (TPSA) is 97.4 Å². The summed E-state index contributed by atoms with van der Waals surface area (Å²) in [6, 6.07) is 14.5. The van der Waals surface area contributed by atoms with Crippen molar-refractivity contribution in [2.75, 3.05) is 6.61 Å². The first-order valence-corrected chi connectivity index (χ1v) is 9.85. The Hall–Kier alpha value is -2.93. The highest BCUT2D eigenvalue weighted by atomic mass is 16.5. The van der Waals surface area contributed by atoms with Crippen LogP contribution in [-0.2, 0) is 17.6 Å². The minimum absolute atomic E-state index is 0.0296. The minimum Gasteiger partial charge on any atom is -0.395 e. The molecule has 0 spiro atoms. The Kier molecular flexibility index (Phi) is 5.76. The van der Waals surface area contributed by atoms with Gasteiger partial charge in [0.1, 0.15) is 0 Å². The lowest BCUT2D eigenvalue weighted by atomic mass is 10.0. The molecule has 1 unspecified atom stereocenters. The van der Waals surface area contributed by atoms with Crippen LogP contribution in [0.1, 0.15) is 34.7 Å². The molecule has 1 aliphatic rings. The predicted octanol–water partition coefficient (Wildman–Crippen LogP) is 2.87. The summed E-state index contributed by atoms with van der Waals surface area (Å²) in [6.45, 7) is 0.0719. The number of H-pyrrole nitrogens is 1. The van der Waals surface area contributed by atoms with Crippen LogP contribution in [0.15, 0.2) is 54.7 Å². The van der Waals surface area contributed by atoms with Crippen LogP contribution >= 0.6 is 0 Å². The van der Waals surface area contributed by atoms with Gasteiger partial charge in [0, 0.05) is 35.3 Å². The molecule has 29 heavy (non-hydrogen) atoms. The van der Waals surface area contributed by atoms with Gasteiger partial charge in [-0.15, -0.1) is 0 Å². The monoisotopic (exact) mass is 391 g/mol. The lowest BCUT2D eigenvalue weighted by Gasteiger charge is -2.22. The molecule has 4 rings (SSSR count). The summed E-state index contributed by atoms with van der Waals surface area (Å²) < 4.78 is 0. The van der Waals surface area contributed by atoms with Crippen LogP contribution in [0, 0.1) is 0 Å². The molecule has 0 saturated heterocycles. The number of aromatic amines is 1. The molecule has 0 saturated carbocycles. The van der Waals surface area contributed by atoms with E-state index in [-0.39, 0.29) is 18.7 Å². The molecule has 0 radical (unpaired) electrons. The fourth-order valence-electron chi connectivity index (χ4n) is 4.15. The number of hydroxylamine groups is 1. The van der Waals surface area contributed by atoms with Gasteiger partial charge in [-0.25, -0.2) is 5.48 Å². The third-order valence-corrected chi connectivity index (χ3v) is 5.58. The van der Waals surface area contributed by atoms with Gasteiger partial charge in [-0.2, -0.15) is 0 Å². The van der Waals surface area contributed by atoms with Crippen LogP contribution in [0.25, 0.3) is 17.0 Å². The lowest BCUT2D eigenvalue weighted by molar-refractivity contribution is -0.124. The van der Waals surface area contributed by atoms with E-state index in [0.717, 1.165) is 30.3 Å². The smallest absolute Gasteiger partial charge is 0.267 e. The molecule has 1 amide bonds. The maximum Gasteiger partial charge on any atom is 0.267 e. The number of nitrogens with one attached hydrogen (secondary N) is 3. The molecule has 6 heteroatoms. The van der Waals surface area contributed by atoms with Crippen molar-refractivity contribution in [3.8, 4) is 0 Å². The Bertz CT molecular complexity index is 1040. The quantitative estimate of drug-likeness (QED) is 0.243. The third kappa shape index (κ3) is 4.24. The summed E-state index contributed by atoms with van der Waals surface area (Å²) in [5.74, 6) is -0.548. The number of aryl methyl sites for hydroxylation is 1. The third-order valence-electron chi connectivity index (χ3n) is 5.58. The molecule has 2 aromatic carbocycles. The second kappa shape index (κ2) is 8.61. The highest BCUT2D eigenvalue weighted by Crippen LogP contribution is 2.33. The van der Waals surface area contributed by atoms with Gasteiger partial charge >= 0.3 is 0 Å². The zero-order valence-electron chi connectivity index (χ0n) is 16.1. The van der Waals surface area contributed by atoms with Gasteiger partial charge in [-0.05, 0) is 53.7 Å². The van der Waals surface area contributed by atoms with Crippen LogP contribution in [0.4, 0.5) is 0 Å². The number of amides is 1. The first-order chi connectivity index (χ1) is 14.2. The second-order valence-corrected chi connectivity index (χ2v) is 7.47. The molecule has 0 fully saturated rings. The van der Waals surface area contributed by atoms with Crippen molar-refractivity contribution < 1.29 is 15.1 Å². The maximum absolute atomic E-state index is 11.2. The number of fused-ring (bicyclic) bond motifs is 2. The van der Waals surface area contributed by atoms with E-state index in [4.69, 9.17) is 5.21 Å². The van der Waals surface area contributed by atoms with Crippen molar-refractivity contribution in [1.29, 1.82) is 0 Å². The molecule has 1 aromatic heterocycles. The Morgan fingerprint density at radius 2 is 2.14 bits per heavy atom. The zero-order valence-corrected chi connectivity index (χ0v) is 16.1. The Morgan fingerprint density at radius 3 is 2.97 bits per heavy atom. The average Bonchev–Trinajstić information content (AvgIpc) is 3.35. The van der Waals surface area contributed by atoms with Gasteiger partial charge in [0.05, 0.1) is 6.61 Å². The van der Waals surface area contributed by atoms with Crippen LogP contribution < -0.4 is 10.8 Å². The van der Waals surface area contributed by atoms with Gasteiger partial charge in [-0.1, -0.05) is 36.4 Å². The number of aromatic nitrogens is 1. The van der Waals surface area contributed by atoms with Gasteiger partial charge < -0.3 is 15.4 Å². The van der Waals surface area contributed by atoms with Gasteiger partial charge in [0.25, 0.3) is 5.91 Å². The second-order valence-electron chi connectivity index (χ2n) is 7.47. The maximum atomic E-state index is 11.2. The van der Waals surface area contributed by atoms with E-state index in [1.807, 2.05) is 24.4 Å². The van der Waals surface area contributed by atoms with Crippen molar-refractivity contribution in [3.63, 3.8) is 0 Å². The minimum atomic E-state index is -0.548. The molecule has 1 heterocycles. The standard InChI is InChI=1S/C23H25N3O3/c27-14-18(12-17-13-24-21-4-2-1-3-19(17)21)25-22-9-7-16-11-15(5-8-20(16)22)6-10-23(28)26-29/h1-6,8,10-11,13,18,22,24-25,27,29H,7,9,12,14H2,(H,26,28)/b10-6+/t18-,22?/m0/s1. The highest BCUT2D eigenvalue weighted by Gasteiger charge is 2.25. The zero-order chi connectivity index (χ0) is 20.2. The van der Waals surface area contributed by atoms with Crippen molar-refractivity contribution >= 4 is 22.9 Å². The summed E-state index contributed by atoms with van der Waals surface area (Å²) in [5, 5.41) is 23.4. The lowest BCUT2D eigenvalue weighted by Crippen LogP contribution is -2.36. The Balaban J connectivity index is 1.46. The predicted molar refractivity (Wildman–Crippen MR) is 112 cm³/mol. The Labute approximate surface area is 169 Å². The van der Waals surface area contributed by atoms with Crippen LogP contribution in [-0.4, -0.2) is 33.9 Å².